The zero-order valence-corrected chi connectivity index (χ0v) is 11.6. The van der Waals surface area contributed by atoms with Crippen molar-refractivity contribution in [1.82, 2.24) is 4.72 Å². The Morgan fingerprint density at radius 1 is 1.41 bits per heavy atom. The van der Waals surface area contributed by atoms with Crippen molar-refractivity contribution in [2.24, 2.45) is 0 Å². The van der Waals surface area contributed by atoms with E-state index in [0.717, 1.165) is 0 Å². The Bertz CT molecular complexity index is 485. The maximum Gasteiger partial charge on any atom is 0.240 e. The highest BCUT2D eigenvalue weighted by Gasteiger charge is 2.17. The van der Waals surface area contributed by atoms with Crippen molar-refractivity contribution in [3.8, 4) is 5.75 Å². The van der Waals surface area contributed by atoms with Crippen molar-refractivity contribution < 1.29 is 13.2 Å². The van der Waals surface area contributed by atoms with Crippen LogP contribution in [0.2, 0.25) is 0 Å². The summed E-state index contributed by atoms with van der Waals surface area (Å²) in [5, 5.41) is 0. The van der Waals surface area contributed by atoms with Gasteiger partial charge >= 0.3 is 0 Å². The predicted molar refractivity (Wildman–Crippen MR) is 68.0 cm³/mol. The first-order valence-electron chi connectivity index (χ1n) is 5.16. The molecule has 0 radical (unpaired) electrons. The number of halogens is 1. The summed E-state index contributed by atoms with van der Waals surface area (Å²) in [5.74, 6) is 0.789. The van der Waals surface area contributed by atoms with Crippen LogP contribution < -0.4 is 9.46 Å². The first kappa shape index (κ1) is 14.3. The van der Waals surface area contributed by atoms with Gasteiger partial charge in [0.1, 0.15) is 5.75 Å². The molecule has 0 heterocycles. The van der Waals surface area contributed by atoms with Gasteiger partial charge in [-0.3, -0.25) is 0 Å². The standard InChI is InChI=1S/C11H16ClNO3S/c1-8(2)13-17(14,15)10-4-5-11(16-3)9(6-10)7-12/h4-6,8,13H,7H2,1-3H3. The van der Waals surface area contributed by atoms with Crippen molar-refractivity contribution in [2.75, 3.05) is 7.11 Å². The normalized spacial score (nSPS) is 11.8. The SMILES string of the molecule is COc1ccc(S(=O)(=O)NC(C)C)cc1CCl. The first-order chi connectivity index (χ1) is 7.90. The molecule has 6 heteroatoms. The lowest BCUT2D eigenvalue weighted by Gasteiger charge is -2.12. The van der Waals surface area contributed by atoms with Crippen LogP contribution in [0.1, 0.15) is 19.4 Å². The molecule has 4 nitrogen and oxygen atoms in total. The van der Waals surface area contributed by atoms with Gasteiger partial charge in [0.2, 0.25) is 10.0 Å². The summed E-state index contributed by atoms with van der Waals surface area (Å²) in [6, 6.07) is 4.48. The summed E-state index contributed by atoms with van der Waals surface area (Å²) in [6.07, 6.45) is 0. The minimum Gasteiger partial charge on any atom is -0.496 e. The molecule has 1 rings (SSSR count). The van der Waals surface area contributed by atoms with E-state index in [4.69, 9.17) is 16.3 Å². The summed E-state index contributed by atoms with van der Waals surface area (Å²) in [5.41, 5.74) is 0.654. The fraction of sp³-hybridized carbons (Fsp3) is 0.455. The molecular weight excluding hydrogens is 262 g/mol. The molecule has 0 fully saturated rings. The van der Waals surface area contributed by atoms with Crippen LogP contribution in [0.15, 0.2) is 23.1 Å². The second-order valence-corrected chi connectivity index (χ2v) is 5.86. The minimum atomic E-state index is -3.48. The molecule has 1 aromatic carbocycles. The minimum absolute atomic E-state index is 0.151. The topological polar surface area (TPSA) is 55.4 Å². The third-order valence-corrected chi connectivity index (χ3v) is 4.04. The Labute approximate surface area is 107 Å². The molecule has 17 heavy (non-hydrogen) atoms. The maximum atomic E-state index is 11.9. The van der Waals surface area contributed by atoms with Gasteiger partial charge in [0.15, 0.2) is 0 Å². The van der Waals surface area contributed by atoms with E-state index in [0.29, 0.717) is 11.3 Å². The molecule has 1 N–H and O–H groups in total. The highest BCUT2D eigenvalue weighted by Crippen LogP contribution is 2.23. The van der Waals surface area contributed by atoms with E-state index in [1.807, 2.05) is 0 Å². The van der Waals surface area contributed by atoms with Crippen molar-refractivity contribution in [3.05, 3.63) is 23.8 Å². The van der Waals surface area contributed by atoms with Crippen LogP contribution in [-0.4, -0.2) is 21.6 Å². The van der Waals surface area contributed by atoms with E-state index in [1.54, 1.807) is 19.9 Å². The van der Waals surface area contributed by atoms with Gasteiger partial charge in [-0.1, -0.05) is 0 Å². The fourth-order valence-electron chi connectivity index (χ4n) is 1.40. The second kappa shape index (κ2) is 5.71. The number of benzene rings is 1. The summed E-state index contributed by atoms with van der Waals surface area (Å²) in [6.45, 7) is 3.53. The van der Waals surface area contributed by atoms with Gasteiger partial charge in [-0.25, -0.2) is 13.1 Å². The zero-order chi connectivity index (χ0) is 13.1. The van der Waals surface area contributed by atoms with E-state index in [2.05, 4.69) is 4.72 Å². The average Bonchev–Trinajstić information content (AvgIpc) is 2.26. The quantitative estimate of drug-likeness (QED) is 0.839. The maximum absolute atomic E-state index is 11.9. The largest absolute Gasteiger partial charge is 0.496 e. The molecule has 96 valence electrons. The highest BCUT2D eigenvalue weighted by atomic mass is 35.5. The molecule has 0 aliphatic rings. The molecule has 0 aliphatic carbocycles. The number of sulfonamides is 1. The number of methoxy groups -OCH3 is 1. The lowest BCUT2D eigenvalue weighted by molar-refractivity contribution is 0.411. The van der Waals surface area contributed by atoms with Crippen molar-refractivity contribution in [2.45, 2.75) is 30.7 Å². The van der Waals surface area contributed by atoms with Crippen molar-refractivity contribution >= 4 is 21.6 Å². The van der Waals surface area contributed by atoms with Gasteiger partial charge in [-0.2, -0.15) is 0 Å². The molecule has 0 aromatic heterocycles. The molecule has 0 bridgehead atoms. The van der Waals surface area contributed by atoms with Crippen molar-refractivity contribution in [1.29, 1.82) is 0 Å². The van der Waals surface area contributed by atoms with E-state index in [-0.39, 0.29) is 16.8 Å². The number of rotatable bonds is 5. The van der Waals surface area contributed by atoms with Crippen LogP contribution in [0, 0.1) is 0 Å². The monoisotopic (exact) mass is 277 g/mol. The third-order valence-electron chi connectivity index (χ3n) is 2.10. The van der Waals surface area contributed by atoms with Crippen LogP contribution in [0.3, 0.4) is 0 Å². The third kappa shape index (κ3) is 3.59. The number of ether oxygens (including phenoxy) is 1. The first-order valence-corrected chi connectivity index (χ1v) is 7.17. The van der Waals surface area contributed by atoms with Gasteiger partial charge in [0.05, 0.1) is 17.9 Å². The van der Waals surface area contributed by atoms with E-state index in [1.165, 1.54) is 19.2 Å². The van der Waals surface area contributed by atoms with Crippen LogP contribution in [0.4, 0.5) is 0 Å². The molecular formula is C11H16ClNO3S. The fourth-order valence-corrected chi connectivity index (χ4v) is 2.92. The molecule has 0 amide bonds. The smallest absolute Gasteiger partial charge is 0.240 e. The van der Waals surface area contributed by atoms with Crippen LogP contribution in [0.5, 0.6) is 5.75 Å². The van der Waals surface area contributed by atoms with Gasteiger partial charge < -0.3 is 4.74 Å². The van der Waals surface area contributed by atoms with Gasteiger partial charge in [-0.05, 0) is 32.0 Å². The molecule has 1 aromatic rings. The van der Waals surface area contributed by atoms with Crippen LogP contribution in [0.25, 0.3) is 0 Å². The second-order valence-electron chi connectivity index (χ2n) is 3.88. The van der Waals surface area contributed by atoms with Gasteiger partial charge in [-0.15, -0.1) is 11.6 Å². The molecule has 0 atom stereocenters. The molecule has 0 saturated heterocycles. The number of hydrogen-bond donors (Lipinski definition) is 1. The van der Waals surface area contributed by atoms with Crippen LogP contribution >= 0.6 is 11.6 Å². The Balaban J connectivity index is 3.16. The molecule has 0 spiro atoms. The van der Waals surface area contributed by atoms with Gasteiger partial charge in [0.25, 0.3) is 0 Å². The Morgan fingerprint density at radius 2 is 2.06 bits per heavy atom. The molecule has 0 unspecified atom stereocenters. The Kier molecular flexibility index (Phi) is 4.80. The highest BCUT2D eigenvalue weighted by molar-refractivity contribution is 7.89. The lowest BCUT2D eigenvalue weighted by Crippen LogP contribution is -2.30. The Hall–Kier alpha value is -0.780. The summed E-state index contributed by atoms with van der Waals surface area (Å²) < 4.78 is 31.4. The van der Waals surface area contributed by atoms with E-state index >= 15 is 0 Å². The number of hydrogen-bond acceptors (Lipinski definition) is 3. The number of nitrogens with one attached hydrogen (secondary N) is 1. The number of alkyl halides is 1. The van der Waals surface area contributed by atoms with Crippen LogP contribution in [-0.2, 0) is 15.9 Å². The Morgan fingerprint density at radius 3 is 2.53 bits per heavy atom. The van der Waals surface area contributed by atoms with Gasteiger partial charge in [0, 0.05) is 11.6 Å². The summed E-state index contributed by atoms with van der Waals surface area (Å²) >= 11 is 5.74. The molecule has 0 aliphatic heterocycles. The molecule has 0 saturated carbocycles. The summed E-state index contributed by atoms with van der Waals surface area (Å²) in [7, 11) is -1.96. The zero-order valence-electron chi connectivity index (χ0n) is 10.0. The average molecular weight is 278 g/mol. The van der Waals surface area contributed by atoms with E-state index in [9.17, 15) is 8.42 Å². The lowest BCUT2D eigenvalue weighted by atomic mass is 10.2. The van der Waals surface area contributed by atoms with E-state index < -0.39 is 10.0 Å². The van der Waals surface area contributed by atoms with Crippen molar-refractivity contribution in [3.63, 3.8) is 0 Å². The summed E-state index contributed by atoms with van der Waals surface area (Å²) in [4.78, 5) is 0.197. The predicted octanol–water partition coefficient (Wildman–Crippen LogP) is 2.12.